The highest BCUT2D eigenvalue weighted by atomic mass is 127. The molecule has 3 aromatic heterocycles. The maximum Gasteiger partial charge on any atom is 0.214 e. The average Bonchev–Trinajstić information content (AvgIpc) is 3.55. The molecule has 0 radical (unpaired) electrons. The van der Waals surface area contributed by atoms with Crippen molar-refractivity contribution < 1.29 is 4.55 Å². The lowest BCUT2D eigenvalue weighted by molar-refractivity contribution is 0.175. The number of hydrogen-bond donors (Lipinski definition) is 2. The van der Waals surface area contributed by atoms with Crippen molar-refractivity contribution in [3.8, 4) is 0 Å². The smallest absolute Gasteiger partial charge is 0.214 e. The van der Waals surface area contributed by atoms with E-state index in [0.717, 1.165) is 58.7 Å². The van der Waals surface area contributed by atoms with Crippen LogP contribution in [0.25, 0.3) is 16.7 Å². The zero-order valence-corrected chi connectivity index (χ0v) is 24.5. The summed E-state index contributed by atoms with van der Waals surface area (Å²) in [7, 11) is 0. The van der Waals surface area contributed by atoms with E-state index in [2.05, 4.69) is 77.1 Å². The molecule has 4 aromatic rings. The van der Waals surface area contributed by atoms with E-state index in [1.54, 1.807) is 18.1 Å². The van der Waals surface area contributed by atoms with Gasteiger partial charge in [0.1, 0.15) is 14.8 Å². The fourth-order valence-electron chi connectivity index (χ4n) is 5.55. The van der Waals surface area contributed by atoms with Gasteiger partial charge in [0.25, 0.3) is 0 Å². The van der Waals surface area contributed by atoms with Gasteiger partial charge in [0.15, 0.2) is 11.3 Å². The highest BCUT2D eigenvalue weighted by Gasteiger charge is 2.50. The number of hydrogen-bond acceptors (Lipinski definition) is 8. The zero-order chi connectivity index (χ0) is 25.2. The third kappa shape index (κ3) is 3.99. The number of H-pyrrole nitrogens is 1. The van der Waals surface area contributed by atoms with Crippen molar-refractivity contribution in [2.75, 3.05) is 24.2 Å². The molecule has 1 fully saturated rings. The van der Waals surface area contributed by atoms with Gasteiger partial charge in [-0.2, -0.15) is 10.1 Å². The van der Waals surface area contributed by atoms with Crippen LogP contribution in [0, 0.1) is 9.12 Å². The lowest BCUT2D eigenvalue weighted by Gasteiger charge is -2.44. The van der Waals surface area contributed by atoms with Crippen molar-refractivity contribution in [2.45, 2.75) is 55.7 Å². The Morgan fingerprint density at radius 2 is 2.06 bits per heavy atom. The fourth-order valence-corrected chi connectivity index (χ4v) is 7.56. The van der Waals surface area contributed by atoms with Gasteiger partial charge >= 0.3 is 0 Å². The minimum Gasteiger partial charge on any atom is -0.598 e. The van der Waals surface area contributed by atoms with Gasteiger partial charge in [0.2, 0.25) is 5.95 Å². The van der Waals surface area contributed by atoms with Gasteiger partial charge in [0.05, 0.1) is 11.4 Å². The topological polar surface area (TPSA) is 110 Å². The Morgan fingerprint density at radius 3 is 2.78 bits per heavy atom. The van der Waals surface area contributed by atoms with E-state index >= 15 is 0 Å². The summed E-state index contributed by atoms with van der Waals surface area (Å²) >= 11 is 2.80. The fraction of sp³-hybridized carbons (Fsp3) is 0.500. The summed E-state index contributed by atoms with van der Waals surface area (Å²) in [5.74, 6) is 0.834. The van der Waals surface area contributed by atoms with Crippen molar-refractivity contribution >= 4 is 68.3 Å². The van der Waals surface area contributed by atoms with E-state index in [9.17, 15) is 4.55 Å². The van der Waals surface area contributed by atoms with Crippen molar-refractivity contribution in [3.05, 3.63) is 39.4 Å². The molecule has 2 atom stereocenters. The van der Waals surface area contributed by atoms with Gasteiger partial charge in [-0.3, -0.25) is 9.50 Å². The van der Waals surface area contributed by atoms with Crippen LogP contribution < -0.4 is 9.62 Å². The maximum atomic E-state index is 13.3. The molecule has 9 nitrogen and oxygen atoms in total. The Bertz CT molecular complexity index is 1440. The van der Waals surface area contributed by atoms with Gasteiger partial charge < -0.3 is 9.45 Å². The number of aromatic nitrogens is 6. The van der Waals surface area contributed by atoms with Gasteiger partial charge in [-0.25, -0.2) is 0 Å². The summed E-state index contributed by atoms with van der Waals surface area (Å²) in [5, 5.41) is 16.8. The number of halogens is 1. The van der Waals surface area contributed by atoms with Crippen LogP contribution in [0.5, 0.6) is 0 Å². The lowest BCUT2D eigenvalue weighted by Crippen LogP contribution is -2.50. The largest absolute Gasteiger partial charge is 0.598 e. The van der Waals surface area contributed by atoms with Crippen LogP contribution in [0.2, 0.25) is 0 Å². The molecular weight excluding hydrogens is 607 g/mol. The van der Waals surface area contributed by atoms with Crippen LogP contribution >= 0.6 is 34.4 Å². The Balaban J connectivity index is 1.33. The first-order valence-electron chi connectivity index (χ1n) is 12.0. The molecule has 1 aliphatic carbocycles. The molecule has 1 aliphatic heterocycles. The predicted molar refractivity (Wildman–Crippen MR) is 153 cm³/mol. The van der Waals surface area contributed by atoms with Crippen molar-refractivity contribution in [1.29, 1.82) is 0 Å². The summed E-state index contributed by atoms with van der Waals surface area (Å²) in [4.78, 5) is 8.49. The molecule has 1 saturated heterocycles. The number of rotatable bonds is 4. The van der Waals surface area contributed by atoms with Crippen LogP contribution in [-0.2, 0) is 17.8 Å². The molecule has 0 unspecified atom stereocenters. The van der Waals surface area contributed by atoms with Crippen LogP contribution in [0.1, 0.15) is 50.8 Å². The summed E-state index contributed by atoms with van der Waals surface area (Å²) < 4.78 is 19.3. The molecule has 0 amide bonds. The molecule has 6 rings (SSSR count). The Labute approximate surface area is 231 Å². The minimum atomic E-state index is -1.16. The molecule has 36 heavy (non-hydrogen) atoms. The lowest BCUT2D eigenvalue weighted by atomic mass is 9.73. The third-order valence-corrected chi connectivity index (χ3v) is 10.6. The number of fused-ring (bicyclic) bond motifs is 4. The van der Waals surface area contributed by atoms with E-state index in [1.165, 1.54) is 16.0 Å². The van der Waals surface area contributed by atoms with Crippen LogP contribution in [-0.4, -0.2) is 58.4 Å². The summed E-state index contributed by atoms with van der Waals surface area (Å²) in [6.07, 6.45) is 6.78. The zero-order valence-electron chi connectivity index (χ0n) is 20.7. The van der Waals surface area contributed by atoms with E-state index in [-0.39, 0.29) is 16.2 Å². The molecule has 4 heterocycles. The molecule has 0 bridgehead atoms. The highest BCUT2D eigenvalue weighted by molar-refractivity contribution is 14.1. The molecule has 12 heteroatoms. The molecule has 1 spiro atoms. The molecule has 0 saturated carbocycles. The molecule has 2 aliphatic rings. The average molecular weight is 637 g/mol. The van der Waals surface area contributed by atoms with Gasteiger partial charge in [-0.15, -0.1) is 26.7 Å². The second-order valence-corrected chi connectivity index (χ2v) is 14.6. The minimum absolute atomic E-state index is 0.0105. The second kappa shape index (κ2) is 9.00. The molecule has 2 N–H and O–H groups in total. The maximum absolute atomic E-state index is 13.3. The van der Waals surface area contributed by atoms with E-state index in [1.807, 2.05) is 25.2 Å². The number of anilines is 1. The van der Waals surface area contributed by atoms with E-state index < -0.39 is 11.4 Å². The monoisotopic (exact) mass is 636 g/mol. The number of nitrogens with zero attached hydrogens (tertiary/aromatic N) is 6. The van der Waals surface area contributed by atoms with Crippen LogP contribution in [0.15, 0.2) is 29.4 Å². The Morgan fingerprint density at radius 1 is 1.28 bits per heavy atom. The highest BCUT2D eigenvalue weighted by Crippen LogP contribution is 2.53. The summed E-state index contributed by atoms with van der Waals surface area (Å²) in [6.45, 7) is 7.79. The van der Waals surface area contributed by atoms with Gasteiger partial charge in [-0.05, 0) is 92.1 Å². The third-order valence-electron chi connectivity index (χ3n) is 7.54. The number of aromatic amines is 1. The van der Waals surface area contributed by atoms with E-state index in [4.69, 9.17) is 4.98 Å². The Kier molecular flexibility index (Phi) is 6.18. The molecule has 1 aromatic carbocycles. The van der Waals surface area contributed by atoms with Crippen molar-refractivity contribution in [2.24, 2.45) is 5.41 Å². The molecule has 190 valence electrons. The normalized spacial score (nSPS) is 20.5. The SMILES string of the molecule is CSc1ccc2c(c1)[C@@H](N[S@+]([O-])C(C)(C)C)C1(CCN(c3nc4[nH]nc(I)c4c4nncn34)CC1)C2. The van der Waals surface area contributed by atoms with Gasteiger partial charge in [-0.1, -0.05) is 6.07 Å². The summed E-state index contributed by atoms with van der Waals surface area (Å²) in [5.41, 5.74) is 4.19. The Hall–Kier alpha value is -1.61. The first kappa shape index (κ1) is 24.7. The molecular formula is C24H29IN8OS2. The quantitative estimate of drug-likeness (QED) is 0.194. The number of piperidine rings is 1. The summed E-state index contributed by atoms with van der Waals surface area (Å²) in [6, 6.07) is 6.84. The second-order valence-electron chi connectivity index (χ2n) is 10.7. The number of nitrogens with one attached hydrogen (secondary N) is 2. The number of benzene rings is 1. The van der Waals surface area contributed by atoms with E-state index in [0.29, 0.717) is 0 Å². The van der Waals surface area contributed by atoms with Crippen molar-refractivity contribution in [1.82, 2.24) is 34.5 Å². The first-order valence-corrected chi connectivity index (χ1v) is 15.5. The van der Waals surface area contributed by atoms with Crippen LogP contribution in [0.4, 0.5) is 5.95 Å². The first-order chi connectivity index (χ1) is 17.2. The van der Waals surface area contributed by atoms with Crippen LogP contribution in [0.3, 0.4) is 0 Å². The van der Waals surface area contributed by atoms with Crippen molar-refractivity contribution in [3.63, 3.8) is 0 Å². The van der Waals surface area contributed by atoms with Gasteiger partial charge in [0, 0.05) is 34.8 Å². The standard InChI is InChI=1S/C24H29IN8OS2/c1-23(2,3)36(34)31-18-16-11-15(35-4)6-5-14(16)12-24(18)7-9-32(10-8-24)22-27-20-17(19(25)28-29-20)21-30-26-13-33(21)22/h5-6,11,13,18,31H,7-10,12H2,1-4H3,(H,28,29)/t18-,36-/m1/s1. The number of thioether (sulfide) groups is 1. The predicted octanol–water partition coefficient (Wildman–Crippen LogP) is 4.26.